The molecular formula is C13H22N4O2S. The predicted octanol–water partition coefficient (Wildman–Crippen LogP) is 0.976. The first-order chi connectivity index (χ1) is 9.61. The molecule has 2 rings (SSSR count). The molecule has 1 fully saturated rings. The molecule has 2 N–H and O–H groups in total. The lowest BCUT2D eigenvalue weighted by Crippen LogP contribution is -2.42. The Balaban J connectivity index is 2.00. The van der Waals surface area contributed by atoms with Crippen molar-refractivity contribution < 1.29 is 9.53 Å². The van der Waals surface area contributed by atoms with E-state index in [0.717, 1.165) is 35.8 Å². The lowest BCUT2D eigenvalue weighted by atomic mass is 10.1. The largest absolute Gasteiger partial charge is 0.480 e. The topological polar surface area (TPSA) is 66.5 Å². The Hall–Kier alpha value is -1.34. The van der Waals surface area contributed by atoms with Crippen molar-refractivity contribution in [3.63, 3.8) is 0 Å². The van der Waals surface area contributed by atoms with Crippen molar-refractivity contribution in [2.75, 3.05) is 32.6 Å². The standard InChI is InChI=1S/C13H22N4O2S/c1-17(2)13-16-12(19-3)10(20-13)8-15-9-6-4-5-7-14-11(9)18/h9,15H,4-8H2,1-3H3,(H,14,18). The van der Waals surface area contributed by atoms with Crippen molar-refractivity contribution in [1.82, 2.24) is 15.6 Å². The minimum absolute atomic E-state index is 0.0961. The highest BCUT2D eigenvalue weighted by molar-refractivity contribution is 7.15. The van der Waals surface area contributed by atoms with E-state index >= 15 is 0 Å². The second kappa shape index (κ2) is 6.90. The maximum atomic E-state index is 11.9. The SMILES string of the molecule is COc1nc(N(C)C)sc1CNC1CCCCNC1=O. The summed E-state index contributed by atoms with van der Waals surface area (Å²) in [5.41, 5.74) is 0. The van der Waals surface area contributed by atoms with Crippen LogP contribution in [0.15, 0.2) is 0 Å². The average molecular weight is 298 g/mol. The summed E-state index contributed by atoms with van der Waals surface area (Å²) in [5.74, 6) is 0.735. The van der Waals surface area contributed by atoms with Gasteiger partial charge in [0, 0.05) is 27.2 Å². The molecule has 0 saturated carbocycles. The number of carbonyl (C=O) groups excluding carboxylic acids is 1. The Morgan fingerprint density at radius 2 is 2.30 bits per heavy atom. The van der Waals surface area contributed by atoms with Crippen molar-refractivity contribution in [2.45, 2.75) is 31.8 Å². The molecule has 1 aromatic heterocycles. The van der Waals surface area contributed by atoms with Crippen LogP contribution in [-0.4, -0.2) is 44.7 Å². The van der Waals surface area contributed by atoms with Crippen LogP contribution in [0, 0.1) is 0 Å². The molecular weight excluding hydrogens is 276 g/mol. The molecule has 0 radical (unpaired) electrons. The monoisotopic (exact) mass is 298 g/mol. The second-order valence-electron chi connectivity index (χ2n) is 5.04. The lowest BCUT2D eigenvalue weighted by molar-refractivity contribution is -0.122. The van der Waals surface area contributed by atoms with Crippen LogP contribution in [0.25, 0.3) is 0 Å². The van der Waals surface area contributed by atoms with Gasteiger partial charge in [-0.2, -0.15) is 4.98 Å². The van der Waals surface area contributed by atoms with Gasteiger partial charge in [-0.15, -0.1) is 0 Å². The van der Waals surface area contributed by atoms with E-state index in [1.165, 1.54) is 0 Å². The fraction of sp³-hybridized carbons (Fsp3) is 0.692. The minimum Gasteiger partial charge on any atom is -0.480 e. The summed E-state index contributed by atoms with van der Waals surface area (Å²) < 4.78 is 5.30. The number of aromatic nitrogens is 1. The van der Waals surface area contributed by atoms with Gasteiger partial charge in [-0.1, -0.05) is 11.3 Å². The summed E-state index contributed by atoms with van der Waals surface area (Å²) in [5, 5.41) is 7.15. The molecule has 0 bridgehead atoms. The van der Waals surface area contributed by atoms with Gasteiger partial charge in [-0.3, -0.25) is 4.79 Å². The van der Waals surface area contributed by atoms with Crippen LogP contribution in [0.3, 0.4) is 0 Å². The molecule has 1 amide bonds. The van der Waals surface area contributed by atoms with Crippen LogP contribution >= 0.6 is 11.3 Å². The van der Waals surface area contributed by atoms with Gasteiger partial charge in [0.2, 0.25) is 11.8 Å². The summed E-state index contributed by atoms with van der Waals surface area (Å²) in [7, 11) is 5.53. The Kier molecular flexibility index (Phi) is 5.19. The van der Waals surface area contributed by atoms with Crippen LogP contribution in [0.1, 0.15) is 24.1 Å². The highest BCUT2D eigenvalue weighted by Crippen LogP contribution is 2.30. The number of nitrogens with zero attached hydrogens (tertiary/aromatic N) is 2. The molecule has 1 saturated heterocycles. The van der Waals surface area contributed by atoms with E-state index in [1.54, 1.807) is 18.4 Å². The fourth-order valence-electron chi connectivity index (χ4n) is 2.14. The number of thiazole rings is 1. The summed E-state index contributed by atoms with van der Waals surface area (Å²) in [6.45, 7) is 1.39. The van der Waals surface area contributed by atoms with E-state index in [0.29, 0.717) is 12.4 Å². The summed E-state index contributed by atoms with van der Waals surface area (Å²) in [6.07, 6.45) is 3.01. The highest BCUT2D eigenvalue weighted by atomic mass is 32.1. The zero-order chi connectivity index (χ0) is 14.5. The number of hydrogen-bond acceptors (Lipinski definition) is 6. The summed E-state index contributed by atoms with van der Waals surface area (Å²) in [4.78, 5) is 19.3. The molecule has 7 heteroatoms. The molecule has 0 aliphatic carbocycles. The number of nitrogens with one attached hydrogen (secondary N) is 2. The summed E-state index contributed by atoms with van der Waals surface area (Å²) in [6, 6.07) is -0.118. The van der Waals surface area contributed by atoms with Crippen LogP contribution in [0.2, 0.25) is 0 Å². The molecule has 2 heterocycles. The highest BCUT2D eigenvalue weighted by Gasteiger charge is 2.21. The maximum absolute atomic E-state index is 11.9. The van der Waals surface area contributed by atoms with Gasteiger partial charge >= 0.3 is 0 Å². The minimum atomic E-state index is -0.118. The molecule has 1 aliphatic heterocycles. The average Bonchev–Trinajstić information content (AvgIpc) is 2.74. The van der Waals surface area contributed by atoms with Crippen molar-refractivity contribution in [3.05, 3.63) is 4.88 Å². The zero-order valence-corrected chi connectivity index (χ0v) is 13.0. The van der Waals surface area contributed by atoms with Gasteiger partial charge in [0.05, 0.1) is 18.0 Å². The number of methoxy groups -OCH3 is 1. The van der Waals surface area contributed by atoms with Gasteiger partial charge < -0.3 is 20.3 Å². The van der Waals surface area contributed by atoms with Crippen LogP contribution < -0.4 is 20.3 Å². The van der Waals surface area contributed by atoms with E-state index in [4.69, 9.17) is 4.74 Å². The number of rotatable bonds is 5. The molecule has 0 spiro atoms. The molecule has 20 heavy (non-hydrogen) atoms. The van der Waals surface area contributed by atoms with Crippen molar-refractivity contribution in [1.29, 1.82) is 0 Å². The maximum Gasteiger partial charge on any atom is 0.237 e. The Bertz CT molecular complexity index is 461. The number of hydrogen-bond donors (Lipinski definition) is 2. The molecule has 1 aromatic rings. The predicted molar refractivity (Wildman–Crippen MR) is 80.5 cm³/mol. The molecule has 1 unspecified atom stereocenters. The Labute approximate surface area is 123 Å². The van der Waals surface area contributed by atoms with Gasteiger partial charge in [0.1, 0.15) is 0 Å². The van der Waals surface area contributed by atoms with Crippen molar-refractivity contribution in [2.24, 2.45) is 0 Å². The van der Waals surface area contributed by atoms with Crippen LogP contribution in [0.4, 0.5) is 5.13 Å². The molecule has 0 aromatic carbocycles. The lowest BCUT2D eigenvalue weighted by Gasteiger charge is -2.14. The molecule has 6 nitrogen and oxygen atoms in total. The van der Waals surface area contributed by atoms with Crippen molar-refractivity contribution in [3.8, 4) is 5.88 Å². The van der Waals surface area contributed by atoms with E-state index in [-0.39, 0.29) is 11.9 Å². The number of ether oxygens (including phenoxy) is 1. The second-order valence-corrected chi connectivity index (χ2v) is 6.11. The quantitative estimate of drug-likeness (QED) is 0.848. The third-order valence-electron chi connectivity index (χ3n) is 3.27. The van der Waals surface area contributed by atoms with Gasteiger partial charge in [0.15, 0.2) is 5.13 Å². The smallest absolute Gasteiger partial charge is 0.237 e. The number of anilines is 1. The van der Waals surface area contributed by atoms with Crippen LogP contribution in [-0.2, 0) is 11.3 Å². The van der Waals surface area contributed by atoms with Gasteiger partial charge in [-0.25, -0.2) is 0 Å². The first kappa shape index (κ1) is 15.1. The van der Waals surface area contributed by atoms with Crippen molar-refractivity contribution >= 4 is 22.4 Å². The fourth-order valence-corrected chi connectivity index (χ4v) is 3.04. The Morgan fingerprint density at radius 3 is 3.00 bits per heavy atom. The number of carbonyl (C=O) groups is 1. The first-order valence-electron chi connectivity index (χ1n) is 6.84. The number of amides is 1. The Morgan fingerprint density at radius 1 is 1.50 bits per heavy atom. The molecule has 1 aliphatic rings. The zero-order valence-electron chi connectivity index (χ0n) is 12.2. The van der Waals surface area contributed by atoms with E-state index < -0.39 is 0 Å². The normalized spacial score (nSPS) is 19.4. The third-order valence-corrected chi connectivity index (χ3v) is 4.47. The van der Waals surface area contributed by atoms with Gasteiger partial charge in [-0.05, 0) is 19.3 Å². The van der Waals surface area contributed by atoms with E-state index in [1.807, 2.05) is 19.0 Å². The third kappa shape index (κ3) is 3.61. The van der Waals surface area contributed by atoms with Gasteiger partial charge in [0.25, 0.3) is 0 Å². The van der Waals surface area contributed by atoms with E-state index in [2.05, 4.69) is 15.6 Å². The van der Waals surface area contributed by atoms with Crippen LogP contribution in [0.5, 0.6) is 5.88 Å². The summed E-state index contributed by atoms with van der Waals surface area (Å²) >= 11 is 1.58. The van der Waals surface area contributed by atoms with E-state index in [9.17, 15) is 4.79 Å². The first-order valence-corrected chi connectivity index (χ1v) is 7.65. The molecule has 112 valence electrons. The molecule has 1 atom stereocenters.